The molecule has 92 valence electrons. The van der Waals surface area contributed by atoms with Crippen LogP contribution in [0.15, 0.2) is 0 Å². The minimum Gasteiger partial charge on any atom is -0.341 e. The van der Waals surface area contributed by atoms with E-state index in [9.17, 15) is 4.79 Å². The van der Waals surface area contributed by atoms with Crippen molar-refractivity contribution >= 4 is 5.91 Å². The summed E-state index contributed by atoms with van der Waals surface area (Å²) in [6.07, 6.45) is 5.28. The zero-order chi connectivity index (χ0) is 11.4. The average molecular weight is 225 g/mol. The molecule has 16 heavy (non-hydrogen) atoms. The molecule has 2 heterocycles. The number of nitrogens with zero attached hydrogens (tertiary/aromatic N) is 2. The highest BCUT2D eigenvalue weighted by Crippen LogP contribution is 2.12. The van der Waals surface area contributed by atoms with Gasteiger partial charge in [-0.2, -0.15) is 0 Å². The summed E-state index contributed by atoms with van der Waals surface area (Å²) >= 11 is 0. The number of hydrogen-bond acceptors (Lipinski definition) is 3. The van der Waals surface area contributed by atoms with Gasteiger partial charge in [-0.1, -0.05) is 0 Å². The monoisotopic (exact) mass is 225 g/mol. The molecule has 0 aliphatic carbocycles. The van der Waals surface area contributed by atoms with E-state index in [1.807, 2.05) is 4.90 Å². The van der Waals surface area contributed by atoms with Crippen LogP contribution in [0.4, 0.5) is 0 Å². The number of piperidine rings is 1. The minimum absolute atomic E-state index is 0.199. The van der Waals surface area contributed by atoms with Crippen molar-refractivity contribution in [1.29, 1.82) is 0 Å². The van der Waals surface area contributed by atoms with E-state index in [1.165, 1.54) is 25.9 Å². The molecule has 0 aromatic rings. The van der Waals surface area contributed by atoms with E-state index in [0.29, 0.717) is 12.3 Å². The maximum absolute atomic E-state index is 11.6. The molecule has 0 saturated carbocycles. The van der Waals surface area contributed by atoms with Crippen LogP contribution in [-0.2, 0) is 4.79 Å². The summed E-state index contributed by atoms with van der Waals surface area (Å²) in [4.78, 5) is 16.1. The molecule has 4 heteroatoms. The molecule has 2 aliphatic rings. The van der Waals surface area contributed by atoms with Crippen LogP contribution >= 0.6 is 0 Å². The molecule has 4 nitrogen and oxygen atoms in total. The molecule has 0 aromatic heterocycles. The molecule has 1 atom stereocenters. The first-order valence-electron chi connectivity index (χ1n) is 6.51. The van der Waals surface area contributed by atoms with Crippen molar-refractivity contribution < 1.29 is 4.79 Å². The SMILES string of the molecule is NC1CCC(=O)N(CCCN2CCCC2)C1. The van der Waals surface area contributed by atoms with Gasteiger partial charge in [0.05, 0.1) is 0 Å². The zero-order valence-electron chi connectivity index (χ0n) is 10.0. The molecule has 2 fully saturated rings. The van der Waals surface area contributed by atoms with Crippen molar-refractivity contribution in [3.63, 3.8) is 0 Å². The molecule has 2 N–H and O–H groups in total. The highest BCUT2D eigenvalue weighted by Gasteiger charge is 2.22. The number of rotatable bonds is 4. The molecular formula is C12H23N3O. The third kappa shape index (κ3) is 3.19. The largest absolute Gasteiger partial charge is 0.341 e. The Morgan fingerprint density at radius 3 is 2.75 bits per heavy atom. The molecular weight excluding hydrogens is 202 g/mol. The molecule has 2 aliphatic heterocycles. The van der Waals surface area contributed by atoms with E-state index in [4.69, 9.17) is 5.73 Å². The standard InChI is InChI=1S/C12H23N3O/c13-11-4-5-12(16)15(10-11)9-3-8-14-6-1-2-7-14/h11H,1-10,13H2. The van der Waals surface area contributed by atoms with Gasteiger partial charge < -0.3 is 15.5 Å². The fourth-order valence-corrected chi connectivity index (χ4v) is 2.65. The van der Waals surface area contributed by atoms with E-state index in [1.54, 1.807) is 0 Å². The molecule has 0 bridgehead atoms. The van der Waals surface area contributed by atoms with Crippen molar-refractivity contribution in [1.82, 2.24) is 9.80 Å². The van der Waals surface area contributed by atoms with Crippen molar-refractivity contribution in [2.24, 2.45) is 5.73 Å². The minimum atomic E-state index is 0.199. The second kappa shape index (κ2) is 5.64. The maximum Gasteiger partial charge on any atom is 0.222 e. The first-order valence-corrected chi connectivity index (χ1v) is 6.51. The van der Waals surface area contributed by atoms with E-state index in [0.717, 1.165) is 32.5 Å². The van der Waals surface area contributed by atoms with Crippen molar-refractivity contribution in [3.05, 3.63) is 0 Å². The van der Waals surface area contributed by atoms with Gasteiger partial charge >= 0.3 is 0 Å². The summed E-state index contributed by atoms with van der Waals surface area (Å²) in [6, 6.07) is 0.199. The van der Waals surface area contributed by atoms with Crippen LogP contribution in [0, 0.1) is 0 Å². The third-order valence-electron chi connectivity index (χ3n) is 3.64. The van der Waals surface area contributed by atoms with Gasteiger partial charge in [-0.05, 0) is 45.3 Å². The molecule has 2 saturated heterocycles. The zero-order valence-corrected chi connectivity index (χ0v) is 10.0. The van der Waals surface area contributed by atoms with Gasteiger partial charge in [0.2, 0.25) is 5.91 Å². The Labute approximate surface area is 97.8 Å². The molecule has 2 rings (SSSR count). The van der Waals surface area contributed by atoms with E-state index >= 15 is 0 Å². The lowest BCUT2D eigenvalue weighted by molar-refractivity contribution is -0.133. The van der Waals surface area contributed by atoms with E-state index in [2.05, 4.69) is 4.90 Å². The van der Waals surface area contributed by atoms with Crippen LogP contribution in [-0.4, -0.2) is 54.5 Å². The molecule has 0 aromatic carbocycles. The Kier molecular flexibility index (Phi) is 4.18. The van der Waals surface area contributed by atoms with Gasteiger partial charge in [0.15, 0.2) is 0 Å². The van der Waals surface area contributed by atoms with Crippen LogP contribution < -0.4 is 5.73 Å². The average Bonchev–Trinajstić information content (AvgIpc) is 2.76. The Morgan fingerprint density at radius 2 is 2.00 bits per heavy atom. The first kappa shape index (κ1) is 11.9. The smallest absolute Gasteiger partial charge is 0.222 e. The molecule has 0 radical (unpaired) electrons. The van der Waals surface area contributed by atoms with E-state index in [-0.39, 0.29) is 6.04 Å². The second-order valence-corrected chi connectivity index (χ2v) is 5.04. The first-order chi connectivity index (χ1) is 7.75. The van der Waals surface area contributed by atoms with Crippen molar-refractivity contribution in [2.45, 2.75) is 38.1 Å². The number of nitrogens with two attached hydrogens (primary N) is 1. The number of amides is 1. The normalized spacial score (nSPS) is 27.7. The Balaban J connectivity index is 1.65. The lowest BCUT2D eigenvalue weighted by atomic mass is 10.1. The van der Waals surface area contributed by atoms with Gasteiger partial charge in [-0.3, -0.25) is 4.79 Å². The lowest BCUT2D eigenvalue weighted by Crippen LogP contribution is -2.46. The quantitative estimate of drug-likeness (QED) is 0.754. The van der Waals surface area contributed by atoms with Gasteiger partial charge in [-0.15, -0.1) is 0 Å². The summed E-state index contributed by atoms with van der Waals surface area (Å²) in [7, 11) is 0. The fraction of sp³-hybridized carbons (Fsp3) is 0.917. The van der Waals surface area contributed by atoms with Gasteiger partial charge in [0.25, 0.3) is 0 Å². The van der Waals surface area contributed by atoms with E-state index < -0.39 is 0 Å². The fourth-order valence-electron chi connectivity index (χ4n) is 2.65. The van der Waals surface area contributed by atoms with Gasteiger partial charge in [0, 0.05) is 25.6 Å². The second-order valence-electron chi connectivity index (χ2n) is 5.04. The Morgan fingerprint density at radius 1 is 1.25 bits per heavy atom. The molecule has 1 amide bonds. The number of likely N-dealkylation sites (tertiary alicyclic amines) is 2. The third-order valence-corrected chi connectivity index (χ3v) is 3.64. The summed E-state index contributed by atoms with van der Waals surface area (Å²) in [5.74, 6) is 0.295. The Hall–Kier alpha value is -0.610. The summed E-state index contributed by atoms with van der Waals surface area (Å²) < 4.78 is 0. The van der Waals surface area contributed by atoms with Crippen LogP contribution in [0.5, 0.6) is 0 Å². The molecule has 1 unspecified atom stereocenters. The number of hydrogen-bond donors (Lipinski definition) is 1. The summed E-state index contributed by atoms with van der Waals surface area (Å²) in [6.45, 7) is 5.28. The predicted molar refractivity (Wildman–Crippen MR) is 64.1 cm³/mol. The highest BCUT2D eigenvalue weighted by atomic mass is 16.2. The topological polar surface area (TPSA) is 49.6 Å². The van der Waals surface area contributed by atoms with Crippen LogP contribution in [0.2, 0.25) is 0 Å². The van der Waals surface area contributed by atoms with Gasteiger partial charge in [-0.25, -0.2) is 0 Å². The van der Waals surface area contributed by atoms with Crippen LogP contribution in [0.25, 0.3) is 0 Å². The lowest BCUT2D eigenvalue weighted by Gasteiger charge is -2.31. The van der Waals surface area contributed by atoms with Gasteiger partial charge in [0.1, 0.15) is 0 Å². The van der Waals surface area contributed by atoms with Crippen LogP contribution in [0.1, 0.15) is 32.1 Å². The Bertz CT molecular complexity index is 238. The number of carbonyl (C=O) groups is 1. The van der Waals surface area contributed by atoms with Crippen molar-refractivity contribution in [3.8, 4) is 0 Å². The highest BCUT2D eigenvalue weighted by molar-refractivity contribution is 5.77. The summed E-state index contributed by atoms with van der Waals surface area (Å²) in [5, 5.41) is 0. The summed E-state index contributed by atoms with van der Waals surface area (Å²) in [5.41, 5.74) is 5.88. The maximum atomic E-state index is 11.6. The number of carbonyl (C=O) groups excluding carboxylic acids is 1. The molecule has 0 spiro atoms. The predicted octanol–water partition coefficient (Wildman–Crippen LogP) is 0.422. The van der Waals surface area contributed by atoms with Crippen LogP contribution in [0.3, 0.4) is 0 Å². The van der Waals surface area contributed by atoms with Crippen molar-refractivity contribution in [2.75, 3.05) is 32.7 Å².